The number of hydrogen-bond donors (Lipinski definition) is 1. The van der Waals surface area contributed by atoms with E-state index < -0.39 is 17.5 Å². The van der Waals surface area contributed by atoms with Crippen molar-refractivity contribution < 1.29 is 18.0 Å². The van der Waals surface area contributed by atoms with Crippen LogP contribution in [0.5, 0.6) is 0 Å². The summed E-state index contributed by atoms with van der Waals surface area (Å²) in [4.78, 5) is 15.7. The first-order chi connectivity index (χ1) is 13.4. The molecule has 1 amide bonds. The summed E-state index contributed by atoms with van der Waals surface area (Å²) in [5.74, 6) is -1.59. The molecule has 0 unspecified atom stereocenters. The van der Waals surface area contributed by atoms with Crippen molar-refractivity contribution in [3.8, 4) is 0 Å². The smallest absolute Gasteiger partial charge is 0.284 e. The largest absolute Gasteiger partial charge is 0.451 e. The minimum absolute atomic E-state index is 0.125. The third-order valence-corrected chi connectivity index (χ3v) is 5.73. The molecule has 146 valence electrons. The van der Waals surface area contributed by atoms with Crippen LogP contribution in [-0.2, 0) is 6.54 Å². The lowest BCUT2D eigenvalue weighted by Gasteiger charge is -2.36. The lowest BCUT2D eigenvalue weighted by molar-refractivity contribution is 0.0976. The zero-order valence-electron chi connectivity index (χ0n) is 14.9. The fourth-order valence-corrected chi connectivity index (χ4v) is 4.23. The third kappa shape index (κ3) is 3.74. The number of halogens is 3. The Kier molecular flexibility index (Phi) is 5.07. The number of nitrogens with two attached hydrogens (primary N) is 1. The van der Waals surface area contributed by atoms with Gasteiger partial charge in [0.1, 0.15) is 17.2 Å². The van der Waals surface area contributed by atoms with Crippen molar-refractivity contribution in [1.82, 2.24) is 4.90 Å². The quantitative estimate of drug-likeness (QED) is 0.655. The van der Waals surface area contributed by atoms with Gasteiger partial charge in [-0.3, -0.25) is 9.69 Å². The first-order valence-corrected chi connectivity index (χ1v) is 9.64. The molecule has 3 aromatic rings. The number of furan rings is 1. The highest BCUT2D eigenvalue weighted by Crippen LogP contribution is 2.36. The molecular formula is C20H18BrF2N3O2. The average molecular weight is 450 g/mol. The Morgan fingerprint density at radius 2 is 1.75 bits per heavy atom. The minimum atomic E-state index is -0.605. The van der Waals surface area contributed by atoms with Crippen LogP contribution in [-0.4, -0.2) is 37.0 Å². The summed E-state index contributed by atoms with van der Waals surface area (Å²) >= 11 is 3.61. The molecule has 1 aliphatic heterocycles. The molecule has 0 aliphatic carbocycles. The van der Waals surface area contributed by atoms with E-state index in [0.717, 1.165) is 47.8 Å². The van der Waals surface area contributed by atoms with Crippen LogP contribution in [0.25, 0.3) is 11.0 Å². The van der Waals surface area contributed by atoms with Gasteiger partial charge < -0.3 is 15.1 Å². The Morgan fingerprint density at radius 1 is 1.07 bits per heavy atom. The van der Waals surface area contributed by atoms with E-state index in [9.17, 15) is 13.6 Å². The van der Waals surface area contributed by atoms with Gasteiger partial charge in [-0.25, -0.2) is 8.78 Å². The van der Waals surface area contributed by atoms with Gasteiger partial charge in [0.2, 0.25) is 0 Å². The molecule has 0 atom stereocenters. The summed E-state index contributed by atoms with van der Waals surface area (Å²) in [6.07, 6.45) is 0. The maximum Gasteiger partial charge on any atom is 0.284 e. The van der Waals surface area contributed by atoms with Crippen LogP contribution >= 0.6 is 15.9 Å². The van der Waals surface area contributed by atoms with Gasteiger partial charge in [0.05, 0.1) is 10.2 Å². The van der Waals surface area contributed by atoms with E-state index in [1.165, 1.54) is 12.1 Å². The van der Waals surface area contributed by atoms with Crippen molar-refractivity contribution in [1.29, 1.82) is 0 Å². The number of carbonyl (C=O) groups excluding carboxylic acids is 1. The van der Waals surface area contributed by atoms with E-state index >= 15 is 0 Å². The number of rotatable bonds is 4. The zero-order valence-corrected chi connectivity index (χ0v) is 16.5. The number of carbonyl (C=O) groups is 1. The van der Waals surface area contributed by atoms with Crippen LogP contribution in [0.15, 0.2) is 45.3 Å². The molecule has 8 heteroatoms. The van der Waals surface area contributed by atoms with Crippen LogP contribution in [0.3, 0.4) is 0 Å². The Bertz CT molecular complexity index is 1030. The Balaban J connectivity index is 1.47. The predicted molar refractivity (Wildman–Crippen MR) is 106 cm³/mol. The fraction of sp³-hybridized carbons (Fsp3) is 0.250. The number of amides is 1. The second-order valence-corrected chi connectivity index (χ2v) is 7.62. The molecule has 4 rings (SSSR count). The summed E-state index contributed by atoms with van der Waals surface area (Å²) in [6.45, 7) is 3.57. The average Bonchev–Trinajstić information content (AvgIpc) is 3.08. The summed E-state index contributed by atoms with van der Waals surface area (Å²) < 4.78 is 33.1. The normalized spacial score (nSPS) is 15.3. The van der Waals surface area contributed by atoms with Crippen LogP contribution < -0.4 is 10.6 Å². The van der Waals surface area contributed by atoms with Gasteiger partial charge in [-0.15, -0.1) is 0 Å². The van der Waals surface area contributed by atoms with Gasteiger partial charge >= 0.3 is 0 Å². The van der Waals surface area contributed by atoms with Crippen LogP contribution in [0, 0.1) is 11.6 Å². The van der Waals surface area contributed by atoms with Gasteiger partial charge in [0.25, 0.3) is 5.91 Å². The second kappa shape index (κ2) is 7.52. The highest BCUT2D eigenvalue weighted by atomic mass is 79.9. The number of anilines is 1. The number of piperazine rings is 1. The molecule has 0 spiro atoms. The number of benzene rings is 2. The number of fused-ring (bicyclic) bond motifs is 1. The fourth-order valence-electron chi connectivity index (χ4n) is 3.54. The van der Waals surface area contributed by atoms with Gasteiger partial charge in [-0.1, -0.05) is 0 Å². The number of nitrogens with zero attached hydrogens (tertiary/aromatic N) is 2. The molecule has 2 aromatic carbocycles. The maximum atomic E-state index is 13.4. The van der Waals surface area contributed by atoms with Crippen molar-refractivity contribution in [3.05, 3.63) is 63.8 Å². The highest BCUT2D eigenvalue weighted by molar-refractivity contribution is 9.10. The Morgan fingerprint density at radius 3 is 2.39 bits per heavy atom. The van der Waals surface area contributed by atoms with E-state index in [4.69, 9.17) is 10.2 Å². The van der Waals surface area contributed by atoms with E-state index in [2.05, 4.69) is 25.7 Å². The topological polar surface area (TPSA) is 62.7 Å². The standard InChI is InChI=1S/C20H18BrF2N3O2/c21-19-15-10-18(20(24)27)28-17(15)2-1-16(19)26-5-3-25(4-6-26)11-12-7-13(22)9-14(23)8-12/h1-2,7-10H,3-6,11H2,(H2,24,27). The van der Waals surface area contributed by atoms with Crippen molar-refractivity contribution >= 4 is 38.5 Å². The van der Waals surface area contributed by atoms with Crippen LogP contribution in [0.4, 0.5) is 14.5 Å². The van der Waals surface area contributed by atoms with Crippen molar-refractivity contribution in [2.75, 3.05) is 31.1 Å². The second-order valence-electron chi connectivity index (χ2n) is 6.83. The summed E-state index contributed by atoms with van der Waals surface area (Å²) in [6, 6.07) is 9.03. The monoisotopic (exact) mass is 449 g/mol. The summed E-state index contributed by atoms with van der Waals surface area (Å²) in [5, 5.41) is 0.795. The molecular weight excluding hydrogens is 432 g/mol. The zero-order chi connectivity index (χ0) is 19.8. The van der Waals surface area contributed by atoms with Gasteiger partial charge in [0.15, 0.2) is 5.76 Å². The lowest BCUT2D eigenvalue weighted by Crippen LogP contribution is -2.46. The van der Waals surface area contributed by atoms with Gasteiger partial charge in [-0.2, -0.15) is 0 Å². The van der Waals surface area contributed by atoms with E-state index in [1.807, 2.05) is 12.1 Å². The first kappa shape index (κ1) is 18.9. The molecule has 1 fully saturated rings. The lowest BCUT2D eigenvalue weighted by atomic mass is 10.1. The van der Waals surface area contributed by atoms with Crippen molar-refractivity contribution in [2.24, 2.45) is 5.73 Å². The molecule has 2 heterocycles. The summed E-state index contributed by atoms with van der Waals surface area (Å²) in [5.41, 5.74) is 7.52. The van der Waals surface area contributed by atoms with Crippen LogP contribution in [0.2, 0.25) is 0 Å². The number of primary amides is 1. The molecule has 1 saturated heterocycles. The molecule has 28 heavy (non-hydrogen) atoms. The Labute approximate surface area is 168 Å². The molecule has 5 nitrogen and oxygen atoms in total. The van der Waals surface area contributed by atoms with E-state index in [1.54, 1.807) is 6.07 Å². The number of hydrogen-bond acceptors (Lipinski definition) is 4. The molecule has 0 radical (unpaired) electrons. The van der Waals surface area contributed by atoms with E-state index in [-0.39, 0.29) is 5.76 Å². The molecule has 1 aliphatic rings. The minimum Gasteiger partial charge on any atom is -0.451 e. The SMILES string of the molecule is NC(=O)c1cc2c(Br)c(N3CCN(Cc4cc(F)cc(F)c4)CC3)ccc2o1. The molecule has 2 N–H and O–H groups in total. The van der Waals surface area contributed by atoms with Crippen LogP contribution in [0.1, 0.15) is 16.1 Å². The van der Waals surface area contributed by atoms with Crippen molar-refractivity contribution in [3.63, 3.8) is 0 Å². The van der Waals surface area contributed by atoms with Gasteiger partial charge in [-0.05, 0) is 51.8 Å². The maximum absolute atomic E-state index is 13.4. The highest BCUT2D eigenvalue weighted by Gasteiger charge is 2.21. The molecule has 1 aromatic heterocycles. The first-order valence-electron chi connectivity index (χ1n) is 8.85. The third-order valence-electron chi connectivity index (χ3n) is 4.90. The van der Waals surface area contributed by atoms with Crippen molar-refractivity contribution in [2.45, 2.75) is 6.54 Å². The molecule has 0 saturated carbocycles. The molecule has 0 bridgehead atoms. The predicted octanol–water partition coefficient (Wildman–Crippen LogP) is 3.89. The van der Waals surface area contributed by atoms with Gasteiger partial charge in [0, 0.05) is 44.2 Å². The Hall–Kier alpha value is -2.45. The van der Waals surface area contributed by atoms with E-state index in [0.29, 0.717) is 17.7 Å². The summed E-state index contributed by atoms with van der Waals surface area (Å²) in [7, 11) is 0.